The summed E-state index contributed by atoms with van der Waals surface area (Å²) in [6.45, 7) is 0.0135. The van der Waals surface area contributed by atoms with Crippen LogP contribution >= 0.6 is 0 Å². The molecule has 1 fully saturated rings. The van der Waals surface area contributed by atoms with E-state index in [2.05, 4.69) is 9.97 Å². The molecule has 0 unspecified atom stereocenters. The third-order valence-electron chi connectivity index (χ3n) is 2.06. The fourth-order valence-corrected chi connectivity index (χ4v) is 1.29. The predicted molar refractivity (Wildman–Crippen MR) is 48.1 cm³/mol. The fourth-order valence-electron chi connectivity index (χ4n) is 1.29. The van der Waals surface area contributed by atoms with Gasteiger partial charge in [0.25, 0.3) is 0 Å². The maximum absolute atomic E-state index is 13.1. The molecule has 1 aliphatic rings. The Kier molecular flexibility index (Phi) is 3.08. The number of hydrogen-bond acceptors (Lipinski definition) is 5. The minimum atomic E-state index is -1.13. The number of ether oxygens (including phenoxy) is 2. The molecule has 0 saturated carbocycles. The summed E-state index contributed by atoms with van der Waals surface area (Å²) >= 11 is 0. The summed E-state index contributed by atoms with van der Waals surface area (Å²) in [7, 11) is 0. The van der Waals surface area contributed by atoms with Crippen LogP contribution in [0.3, 0.4) is 0 Å². The Bertz CT molecular complexity index is 337. The van der Waals surface area contributed by atoms with Crippen LogP contribution in [0.15, 0.2) is 12.3 Å². The van der Waals surface area contributed by atoms with Crippen molar-refractivity contribution in [3.8, 4) is 5.88 Å². The number of hydrogen-bond donors (Lipinski definition) is 1. The molecule has 5 nitrogen and oxygen atoms in total. The van der Waals surface area contributed by atoms with Gasteiger partial charge in [-0.25, -0.2) is 9.37 Å². The topological polar surface area (TPSA) is 64.5 Å². The van der Waals surface area contributed by atoms with Crippen molar-refractivity contribution in [2.75, 3.05) is 13.2 Å². The van der Waals surface area contributed by atoms with Gasteiger partial charge in [0.05, 0.1) is 13.2 Å². The lowest BCUT2D eigenvalue weighted by Gasteiger charge is -2.12. The van der Waals surface area contributed by atoms with Gasteiger partial charge < -0.3 is 14.6 Å². The zero-order valence-electron chi connectivity index (χ0n) is 7.97. The van der Waals surface area contributed by atoms with Crippen LogP contribution in [0.2, 0.25) is 0 Å². The van der Waals surface area contributed by atoms with Gasteiger partial charge in [0.15, 0.2) is 18.1 Å². The molecule has 0 radical (unpaired) electrons. The van der Waals surface area contributed by atoms with Gasteiger partial charge in [-0.05, 0) is 0 Å². The Labute approximate surface area is 85.9 Å². The largest absolute Gasteiger partial charge is 0.469 e. The van der Waals surface area contributed by atoms with Gasteiger partial charge in [-0.1, -0.05) is 0 Å². The molecule has 1 saturated heterocycles. The van der Waals surface area contributed by atoms with E-state index in [1.165, 1.54) is 12.3 Å². The van der Waals surface area contributed by atoms with Crippen LogP contribution in [0.5, 0.6) is 5.88 Å². The second-order valence-electron chi connectivity index (χ2n) is 3.18. The number of aliphatic hydroxyl groups excluding tert-OH is 1. The van der Waals surface area contributed by atoms with Gasteiger partial charge in [0, 0.05) is 12.3 Å². The Balaban J connectivity index is 2.03. The zero-order valence-corrected chi connectivity index (χ0v) is 7.97. The summed E-state index contributed by atoms with van der Waals surface area (Å²) in [4.78, 5) is 7.67. The molecular formula is C9H11FN2O3. The summed E-state index contributed by atoms with van der Waals surface area (Å²) in [5, 5.41) is 8.80. The number of halogens is 1. The molecule has 82 valence electrons. The highest BCUT2D eigenvalue weighted by molar-refractivity contribution is 5.09. The molecule has 0 spiro atoms. The summed E-state index contributed by atoms with van der Waals surface area (Å²) in [5.74, 6) is 0.508. The third-order valence-corrected chi connectivity index (χ3v) is 2.06. The Hall–Kier alpha value is -1.27. The van der Waals surface area contributed by atoms with E-state index in [1.54, 1.807) is 0 Å². The first-order chi connectivity index (χ1) is 7.29. The Morgan fingerprint density at radius 3 is 3.13 bits per heavy atom. The van der Waals surface area contributed by atoms with E-state index in [-0.39, 0.29) is 31.5 Å². The van der Waals surface area contributed by atoms with Crippen LogP contribution in [0.4, 0.5) is 4.39 Å². The SMILES string of the molecule is OCc1nccc(O[C@@H]2COC[C@H]2F)n1. The molecule has 0 bridgehead atoms. The molecule has 2 heterocycles. The van der Waals surface area contributed by atoms with Crippen LogP contribution in [0.25, 0.3) is 0 Å². The van der Waals surface area contributed by atoms with Crippen molar-refractivity contribution >= 4 is 0 Å². The molecule has 0 aromatic carbocycles. The highest BCUT2D eigenvalue weighted by Gasteiger charge is 2.30. The van der Waals surface area contributed by atoms with Crippen molar-refractivity contribution < 1.29 is 19.0 Å². The summed E-state index contributed by atoms with van der Waals surface area (Å²) in [6.07, 6.45) is -0.291. The maximum Gasteiger partial charge on any atom is 0.217 e. The highest BCUT2D eigenvalue weighted by atomic mass is 19.1. The van der Waals surface area contributed by atoms with Gasteiger partial charge in [-0.2, -0.15) is 4.98 Å². The number of aromatic nitrogens is 2. The van der Waals surface area contributed by atoms with E-state index in [4.69, 9.17) is 14.6 Å². The van der Waals surface area contributed by atoms with Crippen molar-refractivity contribution in [2.24, 2.45) is 0 Å². The molecule has 0 amide bonds. The molecule has 1 N–H and O–H groups in total. The molecule has 6 heteroatoms. The monoisotopic (exact) mass is 214 g/mol. The van der Waals surface area contributed by atoms with Crippen LogP contribution in [-0.4, -0.2) is 40.6 Å². The lowest BCUT2D eigenvalue weighted by atomic mass is 10.3. The van der Waals surface area contributed by atoms with Crippen LogP contribution in [0, 0.1) is 0 Å². The fraction of sp³-hybridized carbons (Fsp3) is 0.556. The Morgan fingerprint density at radius 2 is 2.47 bits per heavy atom. The maximum atomic E-state index is 13.1. The summed E-state index contributed by atoms with van der Waals surface area (Å²) in [5.41, 5.74) is 0. The van der Waals surface area contributed by atoms with E-state index < -0.39 is 12.3 Å². The smallest absolute Gasteiger partial charge is 0.217 e. The number of aliphatic hydroxyl groups is 1. The predicted octanol–water partition coefficient (Wildman–Crippen LogP) is 0.0846. The second-order valence-corrected chi connectivity index (χ2v) is 3.18. The lowest BCUT2D eigenvalue weighted by molar-refractivity contribution is 0.123. The van der Waals surface area contributed by atoms with Gasteiger partial charge in [0.1, 0.15) is 6.61 Å². The third kappa shape index (κ3) is 2.40. The van der Waals surface area contributed by atoms with Crippen LogP contribution in [0.1, 0.15) is 5.82 Å². The van der Waals surface area contributed by atoms with E-state index in [0.29, 0.717) is 0 Å². The van der Waals surface area contributed by atoms with Crippen molar-refractivity contribution in [3.63, 3.8) is 0 Å². The average molecular weight is 214 g/mol. The molecule has 15 heavy (non-hydrogen) atoms. The quantitative estimate of drug-likeness (QED) is 0.772. The number of nitrogens with zero attached hydrogens (tertiary/aromatic N) is 2. The minimum Gasteiger partial charge on any atom is -0.469 e. The van der Waals surface area contributed by atoms with Crippen molar-refractivity contribution in [3.05, 3.63) is 18.1 Å². The first kappa shape index (κ1) is 10.3. The summed E-state index contributed by atoms with van der Waals surface area (Å²) in [6, 6.07) is 1.52. The Morgan fingerprint density at radius 1 is 1.60 bits per heavy atom. The van der Waals surface area contributed by atoms with Crippen molar-refractivity contribution in [1.82, 2.24) is 9.97 Å². The molecule has 2 atom stereocenters. The zero-order chi connectivity index (χ0) is 10.7. The molecule has 2 rings (SSSR count). The van der Waals surface area contributed by atoms with Crippen LogP contribution < -0.4 is 4.74 Å². The molecule has 1 aromatic rings. The van der Waals surface area contributed by atoms with E-state index in [1.807, 2.05) is 0 Å². The van der Waals surface area contributed by atoms with Gasteiger partial charge in [-0.15, -0.1) is 0 Å². The van der Waals surface area contributed by atoms with Crippen molar-refractivity contribution in [1.29, 1.82) is 0 Å². The van der Waals surface area contributed by atoms with Gasteiger partial charge in [-0.3, -0.25) is 0 Å². The standard InChI is InChI=1S/C9H11FN2O3/c10-6-4-14-5-7(6)15-9-1-2-11-8(3-13)12-9/h1-2,6-7,13H,3-5H2/t6-,7-/m1/s1. The summed E-state index contributed by atoms with van der Waals surface area (Å²) < 4.78 is 23.3. The van der Waals surface area contributed by atoms with Crippen molar-refractivity contribution in [2.45, 2.75) is 18.9 Å². The second kappa shape index (κ2) is 4.50. The van der Waals surface area contributed by atoms with E-state index in [9.17, 15) is 4.39 Å². The van der Waals surface area contributed by atoms with E-state index in [0.717, 1.165) is 0 Å². The van der Waals surface area contributed by atoms with Gasteiger partial charge >= 0.3 is 0 Å². The molecule has 1 aromatic heterocycles. The van der Waals surface area contributed by atoms with Crippen LogP contribution in [-0.2, 0) is 11.3 Å². The molecule has 0 aliphatic carbocycles. The molecular weight excluding hydrogens is 203 g/mol. The van der Waals surface area contributed by atoms with E-state index >= 15 is 0 Å². The lowest BCUT2D eigenvalue weighted by Crippen LogP contribution is -2.27. The first-order valence-corrected chi connectivity index (χ1v) is 4.61. The minimum absolute atomic E-state index is 0.0581. The molecule has 1 aliphatic heterocycles. The normalized spacial score (nSPS) is 25.5. The number of rotatable bonds is 3. The highest BCUT2D eigenvalue weighted by Crippen LogP contribution is 2.16. The first-order valence-electron chi connectivity index (χ1n) is 4.61. The number of alkyl halides is 1. The average Bonchev–Trinajstić information content (AvgIpc) is 2.65. The van der Waals surface area contributed by atoms with Gasteiger partial charge in [0.2, 0.25) is 5.88 Å².